The van der Waals surface area contributed by atoms with E-state index < -0.39 is 0 Å². The third-order valence-electron chi connectivity index (χ3n) is 5.34. The van der Waals surface area contributed by atoms with Crippen LogP contribution < -0.4 is 4.90 Å². The molecule has 0 aliphatic carbocycles. The Bertz CT molecular complexity index is 757. The summed E-state index contributed by atoms with van der Waals surface area (Å²) in [5.74, 6) is 0.762. The highest BCUT2D eigenvalue weighted by molar-refractivity contribution is 5.35. The first kappa shape index (κ1) is 18.1. The number of aromatic nitrogens is 2. The average Bonchev–Trinajstić information content (AvgIpc) is 2.70. The number of likely N-dealkylation sites (tertiary alicyclic amines) is 1. The number of halogens is 1. The third-order valence-corrected chi connectivity index (χ3v) is 5.34. The number of aromatic hydroxyl groups is 1. The second-order valence-corrected chi connectivity index (χ2v) is 7.23. The highest BCUT2D eigenvalue weighted by atomic mass is 19.1. The summed E-state index contributed by atoms with van der Waals surface area (Å²) in [5.41, 5.74) is 2.05. The van der Waals surface area contributed by atoms with Crippen molar-refractivity contribution in [1.29, 1.82) is 0 Å². The summed E-state index contributed by atoms with van der Waals surface area (Å²) in [5, 5.41) is 10.1. The van der Waals surface area contributed by atoms with Gasteiger partial charge in [-0.1, -0.05) is 12.1 Å². The van der Waals surface area contributed by atoms with Gasteiger partial charge in [-0.25, -0.2) is 9.37 Å². The lowest BCUT2D eigenvalue weighted by atomic mass is 9.93. The molecule has 0 spiro atoms. The summed E-state index contributed by atoms with van der Waals surface area (Å²) >= 11 is 0. The quantitative estimate of drug-likeness (QED) is 0.890. The number of benzene rings is 1. The SMILES string of the molecule is Oc1cc(C2CCN(Cc3ccc(F)cc3)CC2)nc(N2CCOCC2)n1. The molecule has 7 heteroatoms. The van der Waals surface area contributed by atoms with Crippen LogP contribution in [0, 0.1) is 5.82 Å². The molecule has 0 amide bonds. The second kappa shape index (κ2) is 8.19. The molecule has 4 rings (SSSR count). The summed E-state index contributed by atoms with van der Waals surface area (Å²) in [6, 6.07) is 8.42. The molecule has 2 aromatic rings. The van der Waals surface area contributed by atoms with E-state index in [0.29, 0.717) is 25.1 Å². The molecule has 6 nitrogen and oxygen atoms in total. The summed E-state index contributed by atoms with van der Waals surface area (Å²) in [6.45, 7) is 5.57. The summed E-state index contributed by atoms with van der Waals surface area (Å²) in [7, 11) is 0. The van der Waals surface area contributed by atoms with Crippen LogP contribution in [0.1, 0.15) is 30.0 Å². The van der Waals surface area contributed by atoms with Gasteiger partial charge in [-0.3, -0.25) is 4.90 Å². The van der Waals surface area contributed by atoms with Crippen LogP contribution in [0.4, 0.5) is 10.3 Å². The van der Waals surface area contributed by atoms with Gasteiger partial charge in [0.05, 0.1) is 18.9 Å². The van der Waals surface area contributed by atoms with Gasteiger partial charge in [-0.15, -0.1) is 0 Å². The van der Waals surface area contributed by atoms with Crippen molar-refractivity contribution in [3.8, 4) is 5.88 Å². The molecule has 1 aromatic heterocycles. The maximum atomic E-state index is 13.0. The highest BCUT2D eigenvalue weighted by Crippen LogP contribution is 2.30. The minimum absolute atomic E-state index is 0.0373. The number of piperidine rings is 1. The van der Waals surface area contributed by atoms with Crippen LogP contribution in [-0.2, 0) is 11.3 Å². The van der Waals surface area contributed by atoms with E-state index >= 15 is 0 Å². The van der Waals surface area contributed by atoms with Crippen molar-refractivity contribution in [2.75, 3.05) is 44.3 Å². The standard InChI is InChI=1S/C20H25FN4O2/c21-17-3-1-15(2-4-17)14-24-7-5-16(6-8-24)18-13-19(26)23-20(22-18)25-9-11-27-12-10-25/h1-4,13,16H,5-12,14H2,(H,22,23,26). The maximum absolute atomic E-state index is 13.0. The molecule has 3 heterocycles. The summed E-state index contributed by atoms with van der Waals surface area (Å²) < 4.78 is 18.4. The molecule has 2 saturated heterocycles. The first-order valence-electron chi connectivity index (χ1n) is 9.55. The molecule has 0 bridgehead atoms. The lowest BCUT2D eigenvalue weighted by molar-refractivity contribution is 0.122. The van der Waals surface area contributed by atoms with Gasteiger partial charge >= 0.3 is 0 Å². The van der Waals surface area contributed by atoms with Crippen LogP contribution in [0.3, 0.4) is 0 Å². The molecule has 1 N–H and O–H groups in total. The van der Waals surface area contributed by atoms with Gasteiger partial charge in [-0.05, 0) is 43.6 Å². The molecule has 2 aliphatic rings. The van der Waals surface area contributed by atoms with Crippen molar-refractivity contribution in [2.45, 2.75) is 25.3 Å². The normalized spacial score (nSPS) is 19.4. The van der Waals surface area contributed by atoms with Crippen molar-refractivity contribution in [2.24, 2.45) is 0 Å². The average molecular weight is 372 g/mol. The smallest absolute Gasteiger partial charge is 0.229 e. The highest BCUT2D eigenvalue weighted by Gasteiger charge is 2.24. The first-order chi connectivity index (χ1) is 13.2. The first-order valence-corrected chi connectivity index (χ1v) is 9.55. The predicted molar refractivity (Wildman–Crippen MR) is 100 cm³/mol. The van der Waals surface area contributed by atoms with Gasteiger partial charge in [0.2, 0.25) is 11.8 Å². The van der Waals surface area contributed by atoms with Crippen LogP contribution in [0.15, 0.2) is 30.3 Å². The van der Waals surface area contributed by atoms with Crippen molar-refractivity contribution in [1.82, 2.24) is 14.9 Å². The fraction of sp³-hybridized carbons (Fsp3) is 0.500. The van der Waals surface area contributed by atoms with E-state index in [-0.39, 0.29) is 11.7 Å². The Kier molecular flexibility index (Phi) is 5.50. The molecule has 2 fully saturated rings. The van der Waals surface area contributed by atoms with Crippen LogP contribution in [0.5, 0.6) is 5.88 Å². The van der Waals surface area contributed by atoms with Crippen molar-refractivity contribution in [3.05, 3.63) is 47.4 Å². The van der Waals surface area contributed by atoms with Gasteiger partial charge in [0, 0.05) is 31.6 Å². The number of rotatable bonds is 4. The second-order valence-electron chi connectivity index (χ2n) is 7.23. The van der Waals surface area contributed by atoms with Gasteiger partial charge in [0.15, 0.2) is 0 Å². The molecule has 1 aromatic carbocycles. The van der Waals surface area contributed by atoms with Crippen LogP contribution >= 0.6 is 0 Å². The zero-order valence-electron chi connectivity index (χ0n) is 15.4. The Morgan fingerprint density at radius 1 is 1.04 bits per heavy atom. The van der Waals surface area contributed by atoms with E-state index in [9.17, 15) is 9.50 Å². The van der Waals surface area contributed by atoms with Crippen molar-refractivity contribution in [3.63, 3.8) is 0 Å². The zero-order valence-corrected chi connectivity index (χ0v) is 15.4. The number of ether oxygens (including phenoxy) is 1. The number of nitrogens with zero attached hydrogens (tertiary/aromatic N) is 4. The van der Waals surface area contributed by atoms with E-state index in [2.05, 4.69) is 14.8 Å². The minimum atomic E-state index is -0.197. The van der Waals surface area contributed by atoms with E-state index in [1.807, 2.05) is 12.1 Å². The van der Waals surface area contributed by atoms with Crippen LogP contribution in [0.2, 0.25) is 0 Å². The number of hydrogen-bond donors (Lipinski definition) is 1. The molecular formula is C20H25FN4O2. The molecular weight excluding hydrogens is 347 g/mol. The largest absolute Gasteiger partial charge is 0.493 e. The van der Waals surface area contributed by atoms with E-state index in [1.54, 1.807) is 6.07 Å². The fourth-order valence-corrected chi connectivity index (χ4v) is 3.79. The number of morpholine rings is 1. The van der Waals surface area contributed by atoms with E-state index in [1.165, 1.54) is 12.1 Å². The third kappa shape index (κ3) is 4.54. The Balaban J connectivity index is 1.38. The Labute approximate surface area is 158 Å². The molecule has 0 saturated carbocycles. The fourth-order valence-electron chi connectivity index (χ4n) is 3.79. The van der Waals surface area contributed by atoms with Gasteiger partial charge in [0.25, 0.3) is 0 Å². The number of hydrogen-bond acceptors (Lipinski definition) is 6. The van der Waals surface area contributed by atoms with Crippen molar-refractivity contribution < 1.29 is 14.2 Å². The maximum Gasteiger partial charge on any atom is 0.229 e. The molecule has 144 valence electrons. The monoisotopic (exact) mass is 372 g/mol. The number of anilines is 1. The Morgan fingerprint density at radius 3 is 2.44 bits per heavy atom. The van der Waals surface area contributed by atoms with E-state index in [0.717, 1.165) is 56.8 Å². The predicted octanol–water partition coefficient (Wildman–Crippen LogP) is 2.54. The van der Waals surface area contributed by atoms with E-state index in [4.69, 9.17) is 9.72 Å². The molecule has 0 radical (unpaired) electrons. The summed E-state index contributed by atoms with van der Waals surface area (Å²) in [4.78, 5) is 13.4. The van der Waals surface area contributed by atoms with Gasteiger partial charge in [0.1, 0.15) is 5.82 Å². The van der Waals surface area contributed by atoms with Crippen LogP contribution in [0.25, 0.3) is 0 Å². The molecule has 0 atom stereocenters. The molecule has 27 heavy (non-hydrogen) atoms. The van der Waals surface area contributed by atoms with Gasteiger partial charge in [-0.2, -0.15) is 4.98 Å². The topological polar surface area (TPSA) is 61.7 Å². The van der Waals surface area contributed by atoms with Crippen LogP contribution in [-0.4, -0.2) is 59.4 Å². The Hall–Kier alpha value is -2.25. The minimum Gasteiger partial charge on any atom is -0.493 e. The van der Waals surface area contributed by atoms with Crippen molar-refractivity contribution >= 4 is 5.95 Å². The Morgan fingerprint density at radius 2 is 1.74 bits per heavy atom. The molecule has 0 unspecified atom stereocenters. The molecule has 2 aliphatic heterocycles. The van der Waals surface area contributed by atoms with Gasteiger partial charge < -0.3 is 14.7 Å². The lowest BCUT2D eigenvalue weighted by Gasteiger charge is -2.32. The zero-order chi connectivity index (χ0) is 18.6. The summed E-state index contributed by atoms with van der Waals surface area (Å²) in [6.07, 6.45) is 1.97. The lowest BCUT2D eigenvalue weighted by Crippen LogP contribution is -2.37.